The van der Waals surface area contributed by atoms with Crippen LogP contribution >= 0.6 is 0 Å². The fourth-order valence-corrected chi connectivity index (χ4v) is 1.76. The second-order valence-corrected chi connectivity index (χ2v) is 4.71. The van der Waals surface area contributed by atoms with Gasteiger partial charge in [-0.15, -0.1) is 0 Å². The highest BCUT2D eigenvalue weighted by Crippen LogP contribution is 2.23. The molecule has 0 aliphatic carbocycles. The Morgan fingerprint density at radius 2 is 2.12 bits per heavy atom. The van der Waals surface area contributed by atoms with Crippen molar-refractivity contribution in [2.24, 2.45) is 11.7 Å². The fourth-order valence-electron chi connectivity index (χ4n) is 1.76. The summed E-state index contributed by atoms with van der Waals surface area (Å²) in [5.74, 6) is 1.52. The zero-order chi connectivity index (χ0) is 12.8. The van der Waals surface area contributed by atoms with Gasteiger partial charge >= 0.3 is 0 Å². The van der Waals surface area contributed by atoms with Gasteiger partial charge in [0.1, 0.15) is 5.75 Å². The van der Waals surface area contributed by atoms with Crippen molar-refractivity contribution in [1.29, 1.82) is 0 Å². The minimum absolute atomic E-state index is 0.580. The molecule has 1 aromatic rings. The molecule has 0 aromatic heterocycles. The Morgan fingerprint density at radius 3 is 2.65 bits per heavy atom. The van der Waals surface area contributed by atoms with Gasteiger partial charge in [-0.05, 0) is 49.6 Å². The summed E-state index contributed by atoms with van der Waals surface area (Å²) >= 11 is 0. The van der Waals surface area contributed by atoms with Gasteiger partial charge in [-0.3, -0.25) is 0 Å². The van der Waals surface area contributed by atoms with E-state index in [0.29, 0.717) is 5.92 Å². The van der Waals surface area contributed by atoms with Gasteiger partial charge in [0.25, 0.3) is 0 Å². The summed E-state index contributed by atoms with van der Waals surface area (Å²) in [6.07, 6.45) is 1.12. The first-order valence-corrected chi connectivity index (χ1v) is 6.14. The van der Waals surface area contributed by atoms with Crippen LogP contribution in [0.1, 0.15) is 18.9 Å². The summed E-state index contributed by atoms with van der Waals surface area (Å²) in [6.45, 7) is 6.05. The topological polar surface area (TPSA) is 38.5 Å². The maximum Gasteiger partial charge on any atom is 0.121 e. The van der Waals surface area contributed by atoms with Crippen LogP contribution in [0.4, 0.5) is 5.69 Å². The molecule has 1 atom stereocenters. The first-order valence-electron chi connectivity index (χ1n) is 6.14. The molecular weight excluding hydrogens is 212 g/mol. The van der Waals surface area contributed by atoms with E-state index in [2.05, 4.69) is 37.9 Å². The van der Waals surface area contributed by atoms with Crippen LogP contribution in [0, 0.1) is 12.8 Å². The molecular formula is C14H24N2O. The molecule has 1 unspecified atom stereocenters. The van der Waals surface area contributed by atoms with E-state index in [0.717, 1.165) is 25.3 Å². The minimum atomic E-state index is 0.580. The van der Waals surface area contributed by atoms with Gasteiger partial charge in [0.2, 0.25) is 0 Å². The molecule has 96 valence electrons. The van der Waals surface area contributed by atoms with E-state index in [1.165, 1.54) is 11.3 Å². The minimum Gasteiger partial charge on any atom is -0.496 e. The molecule has 0 heterocycles. The Bertz CT molecular complexity index is 352. The summed E-state index contributed by atoms with van der Waals surface area (Å²) < 4.78 is 5.26. The lowest BCUT2D eigenvalue weighted by Crippen LogP contribution is -2.22. The Hall–Kier alpha value is -1.22. The summed E-state index contributed by atoms with van der Waals surface area (Å²) in [4.78, 5) is 2.26. The fraction of sp³-hybridized carbons (Fsp3) is 0.571. The van der Waals surface area contributed by atoms with Crippen LogP contribution in [-0.2, 0) is 0 Å². The predicted molar refractivity (Wildman–Crippen MR) is 73.8 cm³/mol. The summed E-state index contributed by atoms with van der Waals surface area (Å²) in [7, 11) is 3.82. The number of aryl methyl sites for hydroxylation is 1. The number of benzene rings is 1. The van der Waals surface area contributed by atoms with Crippen molar-refractivity contribution in [1.82, 2.24) is 0 Å². The standard InChI is InChI=1S/C14H24N2O/c1-11(10-15)7-8-16(3)13-5-6-14(17-4)12(2)9-13/h5-6,9,11H,7-8,10,15H2,1-4H3. The van der Waals surface area contributed by atoms with E-state index in [1.807, 2.05) is 6.07 Å². The van der Waals surface area contributed by atoms with Crippen molar-refractivity contribution in [3.8, 4) is 5.75 Å². The SMILES string of the molecule is COc1ccc(N(C)CCC(C)CN)cc1C. The van der Waals surface area contributed by atoms with Gasteiger partial charge in [0, 0.05) is 19.3 Å². The third-order valence-corrected chi connectivity index (χ3v) is 3.18. The molecule has 0 radical (unpaired) electrons. The summed E-state index contributed by atoms with van der Waals surface area (Å²) in [5.41, 5.74) is 8.02. The number of rotatable bonds is 6. The molecule has 0 amide bonds. The molecule has 0 saturated heterocycles. The Balaban J connectivity index is 2.63. The van der Waals surface area contributed by atoms with Crippen LogP contribution < -0.4 is 15.4 Å². The van der Waals surface area contributed by atoms with Crippen LogP contribution in [0.2, 0.25) is 0 Å². The Labute approximate surface area is 105 Å². The maximum atomic E-state index is 5.62. The average Bonchev–Trinajstić information content (AvgIpc) is 2.35. The monoisotopic (exact) mass is 236 g/mol. The third-order valence-electron chi connectivity index (χ3n) is 3.18. The third kappa shape index (κ3) is 3.93. The van der Waals surface area contributed by atoms with E-state index in [4.69, 9.17) is 10.5 Å². The molecule has 0 fully saturated rings. The van der Waals surface area contributed by atoms with Crippen molar-refractivity contribution in [2.45, 2.75) is 20.3 Å². The molecule has 3 nitrogen and oxygen atoms in total. The van der Waals surface area contributed by atoms with Crippen LogP contribution in [-0.4, -0.2) is 27.2 Å². The van der Waals surface area contributed by atoms with Crippen molar-refractivity contribution in [3.05, 3.63) is 23.8 Å². The summed E-state index contributed by atoms with van der Waals surface area (Å²) in [5, 5.41) is 0. The number of nitrogens with zero attached hydrogens (tertiary/aromatic N) is 1. The summed E-state index contributed by atoms with van der Waals surface area (Å²) in [6, 6.07) is 6.28. The number of hydrogen-bond acceptors (Lipinski definition) is 3. The van der Waals surface area contributed by atoms with Crippen molar-refractivity contribution in [2.75, 3.05) is 32.1 Å². The van der Waals surface area contributed by atoms with Crippen LogP contribution in [0.25, 0.3) is 0 Å². The molecule has 0 aliphatic heterocycles. The molecule has 0 aliphatic rings. The van der Waals surface area contributed by atoms with Crippen molar-refractivity contribution < 1.29 is 4.74 Å². The number of anilines is 1. The highest BCUT2D eigenvalue weighted by molar-refractivity contribution is 5.52. The molecule has 17 heavy (non-hydrogen) atoms. The molecule has 2 N–H and O–H groups in total. The lowest BCUT2D eigenvalue weighted by Gasteiger charge is -2.22. The molecule has 0 bridgehead atoms. The zero-order valence-corrected chi connectivity index (χ0v) is 11.4. The molecule has 1 rings (SSSR count). The number of ether oxygens (including phenoxy) is 1. The zero-order valence-electron chi connectivity index (χ0n) is 11.4. The number of methoxy groups -OCH3 is 1. The van der Waals surface area contributed by atoms with E-state index < -0.39 is 0 Å². The second-order valence-electron chi connectivity index (χ2n) is 4.71. The van der Waals surface area contributed by atoms with Gasteiger partial charge in [0.15, 0.2) is 0 Å². The molecule has 1 aromatic carbocycles. The largest absolute Gasteiger partial charge is 0.496 e. The van der Waals surface area contributed by atoms with E-state index >= 15 is 0 Å². The average molecular weight is 236 g/mol. The van der Waals surface area contributed by atoms with Crippen molar-refractivity contribution >= 4 is 5.69 Å². The normalized spacial score (nSPS) is 12.3. The van der Waals surface area contributed by atoms with Crippen LogP contribution in [0.15, 0.2) is 18.2 Å². The Kier molecular flexibility index (Phi) is 5.29. The molecule has 0 saturated carbocycles. The van der Waals surface area contributed by atoms with Gasteiger partial charge < -0.3 is 15.4 Å². The maximum absolute atomic E-state index is 5.62. The van der Waals surface area contributed by atoms with Crippen LogP contribution in [0.3, 0.4) is 0 Å². The first kappa shape index (κ1) is 13.8. The van der Waals surface area contributed by atoms with Gasteiger partial charge in [0.05, 0.1) is 7.11 Å². The van der Waals surface area contributed by atoms with Crippen molar-refractivity contribution in [3.63, 3.8) is 0 Å². The highest BCUT2D eigenvalue weighted by atomic mass is 16.5. The molecule has 3 heteroatoms. The van der Waals surface area contributed by atoms with E-state index in [9.17, 15) is 0 Å². The number of hydrogen-bond donors (Lipinski definition) is 1. The van der Waals surface area contributed by atoms with Gasteiger partial charge in [-0.25, -0.2) is 0 Å². The lowest BCUT2D eigenvalue weighted by molar-refractivity contribution is 0.411. The number of nitrogens with two attached hydrogens (primary N) is 1. The first-order chi connectivity index (χ1) is 8.08. The lowest BCUT2D eigenvalue weighted by atomic mass is 10.1. The van der Waals surface area contributed by atoms with Crippen LogP contribution in [0.5, 0.6) is 5.75 Å². The van der Waals surface area contributed by atoms with E-state index in [-0.39, 0.29) is 0 Å². The van der Waals surface area contributed by atoms with Gasteiger partial charge in [-0.2, -0.15) is 0 Å². The quantitative estimate of drug-likeness (QED) is 0.824. The van der Waals surface area contributed by atoms with Gasteiger partial charge in [-0.1, -0.05) is 6.92 Å². The Morgan fingerprint density at radius 1 is 1.41 bits per heavy atom. The van der Waals surface area contributed by atoms with E-state index in [1.54, 1.807) is 7.11 Å². The smallest absolute Gasteiger partial charge is 0.121 e. The predicted octanol–water partition coefficient (Wildman–Crippen LogP) is 2.42. The highest BCUT2D eigenvalue weighted by Gasteiger charge is 2.06. The second kappa shape index (κ2) is 6.50. The molecule has 0 spiro atoms.